The Morgan fingerprint density at radius 1 is 1.60 bits per heavy atom. The molecule has 10 heavy (non-hydrogen) atoms. The predicted molar refractivity (Wildman–Crippen MR) is 46.0 cm³/mol. The van der Waals surface area contributed by atoms with Crippen LogP contribution in [0, 0.1) is 0 Å². The Bertz CT molecular complexity index is 81.3. The van der Waals surface area contributed by atoms with Crippen molar-refractivity contribution >= 4 is 0 Å². The zero-order chi connectivity index (χ0) is 7.82. The lowest BCUT2D eigenvalue weighted by molar-refractivity contribution is 0.609. The molecule has 0 spiro atoms. The number of rotatable bonds is 6. The molecule has 0 rings (SSSR count). The van der Waals surface area contributed by atoms with Gasteiger partial charge in [-0.3, -0.25) is 0 Å². The molecule has 0 bridgehead atoms. The van der Waals surface area contributed by atoms with E-state index in [1.54, 1.807) is 6.08 Å². The number of unbranched alkanes of at least 4 members (excludes halogenated alkanes) is 1. The molecule has 0 heterocycles. The van der Waals surface area contributed by atoms with Gasteiger partial charge in [-0.2, -0.15) is 0 Å². The minimum Gasteiger partial charge on any atom is -0.324 e. The first-order chi connectivity index (χ1) is 4.81. The molecule has 0 aliphatic heterocycles. The Balaban J connectivity index is 2.95. The summed E-state index contributed by atoms with van der Waals surface area (Å²) in [5.74, 6) is 0. The molecule has 1 unspecified atom stereocenters. The Morgan fingerprint density at radius 3 is 2.80 bits per heavy atom. The summed E-state index contributed by atoms with van der Waals surface area (Å²) in [5.41, 5.74) is 5.62. The van der Waals surface area contributed by atoms with E-state index in [1.165, 1.54) is 12.8 Å². The van der Waals surface area contributed by atoms with Crippen molar-refractivity contribution < 1.29 is 0 Å². The zero-order valence-electron chi connectivity index (χ0n) is 6.77. The summed E-state index contributed by atoms with van der Waals surface area (Å²) in [6.07, 6.45) is 5.26. The van der Waals surface area contributed by atoms with Crippen LogP contribution in [-0.2, 0) is 0 Å². The second-order valence-electron chi connectivity index (χ2n) is 2.50. The molecule has 0 aromatic carbocycles. The number of nitrogens with one attached hydrogen (secondary N) is 1. The van der Waals surface area contributed by atoms with E-state index in [1.807, 2.05) is 7.05 Å². The third-order valence-corrected chi connectivity index (χ3v) is 1.52. The van der Waals surface area contributed by atoms with Gasteiger partial charge >= 0.3 is 0 Å². The molecule has 0 saturated carbocycles. The van der Waals surface area contributed by atoms with E-state index in [0.29, 0.717) is 0 Å². The molecule has 2 nitrogen and oxygen atoms in total. The summed E-state index contributed by atoms with van der Waals surface area (Å²) in [7, 11) is 1.97. The second kappa shape index (κ2) is 6.78. The first kappa shape index (κ1) is 9.66. The van der Waals surface area contributed by atoms with Gasteiger partial charge in [0, 0.05) is 6.04 Å². The van der Waals surface area contributed by atoms with Crippen molar-refractivity contribution in [1.29, 1.82) is 0 Å². The van der Waals surface area contributed by atoms with Gasteiger partial charge in [0.15, 0.2) is 0 Å². The smallest absolute Gasteiger partial charge is 0.0221 e. The van der Waals surface area contributed by atoms with Crippen molar-refractivity contribution in [1.82, 2.24) is 5.32 Å². The first-order valence-corrected chi connectivity index (χ1v) is 3.84. The van der Waals surface area contributed by atoms with E-state index in [0.717, 1.165) is 13.0 Å². The van der Waals surface area contributed by atoms with Crippen LogP contribution < -0.4 is 11.1 Å². The second-order valence-corrected chi connectivity index (χ2v) is 2.50. The Hall–Kier alpha value is -0.340. The van der Waals surface area contributed by atoms with Crippen LogP contribution >= 0.6 is 0 Å². The van der Waals surface area contributed by atoms with Crippen molar-refractivity contribution in [3.05, 3.63) is 12.7 Å². The van der Waals surface area contributed by atoms with Gasteiger partial charge in [0.05, 0.1) is 0 Å². The fraction of sp³-hybridized carbons (Fsp3) is 0.750. The van der Waals surface area contributed by atoms with E-state index in [-0.39, 0.29) is 6.04 Å². The van der Waals surface area contributed by atoms with Crippen molar-refractivity contribution in [3.63, 3.8) is 0 Å². The van der Waals surface area contributed by atoms with Crippen LogP contribution in [0.1, 0.15) is 19.3 Å². The molecule has 0 aromatic heterocycles. The number of hydrogen-bond donors (Lipinski definition) is 2. The molecule has 3 N–H and O–H groups in total. The highest BCUT2D eigenvalue weighted by atomic mass is 14.8. The predicted octanol–water partition coefficient (Wildman–Crippen LogP) is 0.889. The number of nitrogens with two attached hydrogens (primary N) is 1. The Morgan fingerprint density at radius 2 is 2.30 bits per heavy atom. The molecular weight excluding hydrogens is 124 g/mol. The highest BCUT2D eigenvalue weighted by molar-refractivity contribution is 4.81. The number of hydrogen-bond acceptors (Lipinski definition) is 2. The van der Waals surface area contributed by atoms with Gasteiger partial charge in [0.1, 0.15) is 0 Å². The molecule has 0 aliphatic rings. The van der Waals surface area contributed by atoms with Gasteiger partial charge in [-0.15, -0.1) is 6.58 Å². The van der Waals surface area contributed by atoms with Crippen LogP contribution in [-0.4, -0.2) is 19.6 Å². The minimum atomic E-state index is 0.192. The van der Waals surface area contributed by atoms with Crippen molar-refractivity contribution in [3.8, 4) is 0 Å². The quantitative estimate of drug-likeness (QED) is 0.427. The van der Waals surface area contributed by atoms with Gasteiger partial charge in [-0.25, -0.2) is 0 Å². The summed E-state index contributed by atoms with van der Waals surface area (Å²) in [5, 5.41) is 3.09. The minimum absolute atomic E-state index is 0.192. The Kier molecular flexibility index (Phi) is 6.55. The summed E-state index contributed by atoms with van der Waals surface area (Å²) in [6.45, 7) is 4.71. The van der Waals surface area contributed by atoms with Crippen LogP contribution in [0.5, 0.6) is 0 Å². The molecule has 0 radical (unpaired) electrons. The fourth-order valence-electron chi connectivity index (χ4n) is 0.800. The molecule has 0 aromatic rings. The van der Waals surface area contributed by atoms with Crippen LogP contribution in [0.15, 0.2) is 12.7 Å². The van der Waals surface area contributed by atoms with E-state index in [2.05, 4.69) is 11.9 Å². The molecule has 2 heteroatoms. The van der Waals surface area contributed by atoms with Gasteiger partial charge in [0.25, 0.3) is 0 Å². The fourth-order valence-corrected chi connectivity index (χ4v) is 0.800. The van der Waals surface area contributed by atoms with Gasteiger partial charge < -0.3 is 11.1 Å². The molecule has 0 fully saturated rings. The van der Waals surface area contributed by atoms with E-state index >= 15 is 0 Å². The maximum absolute atomic E-state index is 5.62. The van der Waals surface area contributed by atoms with Crippen LogP contribution in [0.4, 0.5) is 0 Å². The highest BCUT2D eigenvalue weighted by Gasteiger charge is 1.94. The summed E-state index contributed by atoms with van der Waals surface area (Å²) in [6, 6.07) is 0.192. The SMILES string of the molecule is C=CC(N)CCCCNC. The van der Waals surface area contributed by atoms with Gasteiger partial charge in [0.2, 0.25) is 0 Å². The molecular formula is C8H18N2. The summed E-state index contributed by atoms with van der Waals surface area (Å²) in [4.78, 5) is 0. The monoisotopic (exact) mass is 142 g/mol. The largest absolute Gasteiger partial charge is 0.324 e. The summed E-state index contributed by atoms with van der Waals surface area (Å²) < 4.78 is 0. The highest BCUT2D eigenvalue weighted by Crippen LogP contribution is 1.97. The van der Waals surface area contributed by atoms with Crippen LogP contribution in [0.25, 0.3) is 0 Å². The normalized spacial score (nSPS) is 13.0. The maximum atomic E-state index is 5.62. The topological polar surface area (TPSA) is 38.0 Å². The molecule has 60 valence electrons. The zero-order valence-corrected chi connectivity index (χ0v) is 6.77. The van der Waals surface area contributed by atoms with Crippen molar-refractivity contribution in [2.24, 2.45) is 5.73 Å². The van der Waals surface area contributed by atoms with E-state index in [9.17, 15) is 0 Å². The van der Waals surface area contributed by atoms with Crippen LogP contribution in [0.2, 0.25) is 0 Å². The average Bonchev–Trinajstić information content (AvgIpc) is 1.98. The summed E-state index contributed by atoms with van der Waals surface area (Å²) >= 11 is 0. The van der Waals surface area contributed by atoms with Crippen LogP contribution in [0.3, 0.4) is 0 Å². The third-order valence-electron chi connectivity index (χ3n) is 1.52. The first-order valence-electron chi connectivity index (χ1n) is 3.84. The molecule has 0 amide bonds. The van der Waals surface area contributed by atoms with Gasteiger partial charge in [-0.1, -0.05) is 12.5 Å². The maximum Gasteiger partial charge on any atom is 0.0221 e. The van der Waals surface area contributed by atoms with Crippen molar-refractivity contribution in [2.45, 2.75) is 25.3 Å². The standard InChI is InChI=1S/C8H18N2/c1-3-8(9)6-4-5-7-10-2/h3,8,10H,1,4-7,9H2,2H3. The lowest BCUT2D eigenvalue weighted by Gasteiger charge is -2.04. The lowest BCUT2D eigenvalue weighted by atomic mass is 10.1. The third kappa shape index (κ3) is 5.79. The lowest BCUT2D eigenvalue weighted by Crippen LogP contribution is -2.16. The van der Waals surface area contributed by atoms with Gasteiger partial charge in [-0.05, 0) is 26.4 Å². The molecule has 0 aliphatic carbocycles. The Labute approximate surface area is 63.5 Å². The molecule has 0 saturated heterocycles. The van der Waals surface area contributed by atoms with Crippen molar-refractivity contribution in [2.75, 3.05) is 13.6 Å². The van der Waals surface area contributed by atoms with E-state index < -0.39 is 0 Å². The average molecular weight is 142 g/mol. The van der Waals surface area contributed by atoms with E-state index in [4.69, 9.17) is 5.73 Å². The molecule has 1 atom stereocenters.